The maximum absolute atomic E-state index is 12.0. The number of benzene rings is 1. The lowest BCUT2D eigenvalue weighted by molar-refractivity contribution is 0.107. The average molecular weight is 291 g/mol. The van der Waals surface area contributed by atoms with Crippen molar-refractivity contribution < 1.29 is 4.79 Å². The number of halogens is 1. The molecule has 4 nitrogen and oxygen atoms in total. The molecule has 104 valence electrons. The van der Waals surface area contributed by atoms with Gasteiger partial charge < -0.3 is 0 Å². The van der Waals surface area contributed by atoms with Crippen LogP contribution in [0.2, 0.25) is 0 Å². The van der Waals surface area contributed by atoms with Crippen molar-refractivity contribution in [3.05, 3.63) is 51.3 Å². The topological polar surface area (TPSA) is 52.0 Å². The molecular formula is C15H15ClN2O2. The molecule has 5 heteroatoms. The third-order valence-corrected chi connectivity index (χ3v) is 3.35. The van der Waals surface area contributed by atoms with Crippen molar-refractivity contribution in [3.8, 4) is 11.3 Å². The molecule has 20 heavy (non-hydrogen) atoms. The van der Waals surface area contributed by atoms with Gasteiger partial charge >= 0.3 is 0 Å². The van der Waals surface area contributed by atoms with Gasteiger partial charge in [0.15, 0.2) is 0 Å². The van der Waals surface area contributed by atoms with Crippen molar-refractivity contribution in [3.63, 3.8) is 0 Å². The van der Waals surface area contributed by atoms with E-state index in [2.05, 4.69) is 5.10 Å². The maximum Gasteiger partial charge on any atom is 0.278 e. The SMILES string of the molecule is CCn1nc(-c2ccc(C)cc2C)cc(C(=O)Cl)c1=O. The zero-order chi connectivity index (χ0) is 14.9. The summed E-state index contributed by atoms with van der Waals surface area (Å²) in [6, 6.07) is 7.38. The van der Waals surface area contributed by atoms with Crippen molar-refractivity contribution in [1.29, 1.82) is 0 Å². The zero-order valence-corrected chi connectivity index (χ0v) is 12.4. The van der Waals surface area contributed by atoms with Crippen molar-refractivity contribution in [2.45, 2.75) is 27.3 Å². The van der Waals surface area contributed by atoms with E-state index in [9.17, 15) is 9.59 Å². The highest BCUT2D eigenvalue weighted by Gasteiger charge is 2.15. The normalized spacial score (nSPS) is 10.6. The standard InChI is InChI=1S/C15H15ClN2O2/c1-4-18-15(20)12(14(16)19)8-13(17-18)11-6-5-9(2)7-10(11)3/h5-8H,4H2,1-3H3. The minimum atomic E-state index is -0.759. The van der Waals surface area contributed by atoms with Crippen LogP contribution >= 0.6 is 11.6 Å². The van der Waals surface area contributed by atoms with E-state index in [1.807, 2.05) is 32.0 Å². The van der Waals surface area contributed by atoms with Gasteiger partial charge in [-0.1, -0.05) is 23.8 Å². The first-order valence-electron chi connectivity index (χ1n) is 6.33. The van der Waals surface area contributed by atoms with Crippen LogP contribution in [0.3, 0.4) is 0 Å². The highest BCUT2D eigenvalue weighted by atomic mass is 35.5. The quantitative estimate of drug-likeness (QED) is 0.817. The molecule has 0 aliphatic heterocycles. The fourth-order valence-electron chi connectivity index (χ4n) is 2.13. The van der Waals surface area contributed by atoms with E-state index in [4.69, 9.17) is 11.6 Å². The Morgan fingerprint density at radius 1 is 1.30 bits per heavy atom. The smallest absolute Gasteiger partial charge is 0.275 e. The summed E-state index contributed by atoms with van der Waals surface area (Å²) in [5, 5.41) is 3.53. The molecule has 0 amide bonds. The Bertz CT molecular complexity index is 735. The molecule has 2 rings (SSSR count). The summed E-state index contributed by atoms with van der Waals surface area (Å²) < 4.78 is 1.25. The Kier molecular flexibility index (Phi) is 4.04. The van der Waals surface area contributed by atoms with Crippen LogP contribution in [0.4, 0.5) is 0 Å². The summed E-state index contributed by atoms with van der Waals surface area (Å²) in [4.78, 5) is 23.3. The van der Waals surface area contributed by atoms with Gasteiger partial charge in [-0.05, 0) is 44.0 Å². The Balaban J connectivity index is 2.71. The van der Waals surface area contributed by atoms with Crippen LogP contribution in [0.25, 0.3) is 11.3 Å². The van der Waals surface area contributed by atoms with Gasteiger partial charge in [-0.3, -0.25) is 9.59 Å². The molecule has 0 unspecified atom stereocenters. The lowest BCUT2D eigenvalue weighted by Crippen LogP contribution is -2.27. The van der Waals surface area contributed by atoms with Gasteiger partial charge in [0.25, 0.3) is 10.8 Å². The van der Waals surface area contributed by atoms with Gasteiger partial charge in [0, 0.05) is 12.1 Å². The van der Waals surface area contributed by atoms with Gasteiger partial charge in [-0.2, -0.15) is 5.10 Å². The molecule has 0 N–H and O–H groups in total. The van der Waals surface area contributed by atoms with E-state index in [1.54, 1.807) is 6.92 Å². The van der Waals surface area contributed by atoms with Crippen LogP contribution in [0.1, 0.15) is 28.4 Å². The highest BCUT2D eigenvalue weighted by molar-refractivity contribution is 6.67. The third-order valence-electron chi connectivity index (χ3n) is 3.14. The second kappa shape index (κ2) is 5.59. The van der Waals surface area contributed by atoms with Crippen molar-refractivity contribution in [1.82, 2.24) is 9.78 Å². The molecule has 0 atom stereocenters. The van der Waals surface area contributed by atoms with E-state index < -0.39 is 10.8 Å². The van der Waals surface area contributed by atoms with Crippen LogP contribution in [-0.2, 0) is 6.54 Å². The molecule has 0 saturated carbocycles. The Morgan fingerprint density at radius 2 is 2.00 bits per heavy atom. The van der Waals surface area contributed by atoms with Crippen LogP contribution in [0, 0.1) is 13.8 Å². The minimum absolute atomic E-state index is 0.0431. The Hall–Kier alpha value is -1.94. The van der Waals surface area contributed by atoms with Crippen molar-refractivity contribution in [2.24, 2.45) is 0 Å². The monoisotopic (exact) mass is 290 g/mol. The van der Waals surface area contributed by atoms with E-state index in [0.717, 1.165) is 16.7 Å². The number of nitrogens with zero attached hydrogens (tertiary/aromatic N) is 2. The number of rotatable bonds is 3. The summed E-state index contributed by atoms with van der Waals surface area (Å²) in [6.45, 7) is 6.15. The lowest BCUT2D eigenvalue weighted by atomic mass is 10.0. The highest BCUT2D eigenvalue weighted by Crippen LogP contribution is 2.22. The van der Waals surface area contributed by atoms with Crippen LogP contribution in [0.5, 0.6) is 0 Å². The van der Waals surface area contributed by atoms with E-state index in [-0.39, 0.29) is 5.56 Å². The molecular weight excluding hydrogens is 276 g/mol. The number of aromatic nitrogens is 2. The average Bonchev–Trinajstić information content (AvgIpc) is 2.39. The largest absolute Gasteiger partial charge is 0.278 e. The van der Waals surface area contributed by atoms with Gasteiger partial charge in [0.05, 0.1) is 5.69 Å². The van der Waals surface area contributed by atoms with Gasteiger partial charge in [-0.15, -0.1) is 0 Å². The number of carbonyl (C=O) groups excluding carboxylic acids is 1. The molecule has 0 spiro atoms. The molecule has 0 aliphatic rings. The fourth-order valence-corrected chi connectivity index (χ4v) is 2.26. The number of hydrogen-bond donors (Lipinski definition) is 0. The second-order valence-electron chi connectivity index (χ2n) is 4.66. The van der Waals surface area contributed by atoms with Gasteiger partial charge in [-0.25, -0.2) is 4.68 Å². The number of carbonyl (C=O) groups is 1. The molecule has 1 aromatic carbocycles. The first-order chi connectivity index (χ1) is 9.43. The molecule has 0 saturated heterocycles. The first-order valence-corrected chi connectivity index (χ1v) is 6.71. The summed E-state index contributed by atoms with van der Waals surface area (Å²) in [6.07, 6.45) is 0. The van der Waals surface area contributed by atoms with Crippen molar-refractivity contribution >= 4 is 16.8 Å². The Morgan fingerprint density at radius 3 is 2.55 bits per heavy atom. The first kappa shape index (κ1) is 14.5. The van der Waals surface area contributed by atoms with Gasteiger partial charge in [0.1, 0.15) is 5.56 Å². The second-order valence-corrected chi connectivity index (χ2v) is 5.00. The van der Waals surface area contributed by atoms with Crippen LogP contribution in [0.15, 0.2) is 29.1 Å². The van der Waals surface area contributed by atoms with Crippen molar-refractivity contribution in [2.75, 3.05) is 0 Å². The molecule has 1 heterocycles. The summed E-state index contributed by atoms with van der Waals surface area (Å²) in [5.74, 6) is 0. The van der Waals surface area contributed by atoms with E-state index >= 15 is 0 Å². The minimum Gasteiger partial charge on any atom is -0.275 e. The molecule has 2 aromatic rings. The number of hydrogen-bond acceptors (Lipinski definition) is 3. The Labute approximate surface area is 122 Å². The third kappa shape index (κ3) is 2.65. The predicted molar refractivity (Wildman–Crippen MR) is 79.3 cm³/mol. The van der Waals surface area contributed by atoms with Gasteiger partial charge in [0.2, 0.25) is 0 Å². The lowest BCUT2D eigenvalue weighted by Gasteiger charge is -2.10. The fraction of sp³-hybridized carbons (Fsp3) is 0.267. The van der Waals surface area contributed by atoms with E-state index in [1.165, 1.54) is 10.7 Å². The molecule has 1 aromatic heterocycles. The molecule has 0 fully saturated rings. The molecule has 0 radical (unpaired) electrons. The summed E-state index contributed by atoms with van der Waals surface area (Å²) >= 11 is 5.48. The molecule has 0 bridgehead atoms. The van der Waals surface area contributed by atoms with Crippen LogP contribution < -0.4 is 5.56 Å². The van der Waals surface area contributed by atoms with Crippen LogP contribution in [-0.4, -0.2) is 15.0 Å². The summed E-state index contributed by atoms with van der Waals surface area (Å²) in [5.41, 5.74) is 3.14. The predicted octanol–water partition coefficient (Wildman–Crippen LogP) is 2.93. The molecule has 0 aliphatic carbocycles. The summed E-state index contributed by atoms with van der Waals surface area (Å²) in [7, 11) is 0. The maximum atomic E-state index is 12.0. The zero-order valence-electron chi connectivity index (χ0n) is 11.6. The number of aryl methyl sites for hydroxylation is 3. The van der Waals surface area contributed by atoms with E-state index in [0.29, 0.717) is 12.2 Å².